The quantitative estimate of drug-likeness (QED) is 0.460. The predicted octanol–water partition coefficient (Wildman–Crippen LogP) is -0.0257. The normalized spacial score (nSPS) is 45.0. The van der Waals surface area contributed by atoms with Crippen LogP contribution in [0.3, 0.4) is 0 Å². The van der Waals surface area contributed by atoms with Crippen molar-refractivity contribution in [1.29, 1.82) is 0 Å². The summed E-state index contributed by atoms with van der Waals surface area (Å²) in [7, 11) is 0. The maximum atomic E-state index is 12.3. The van der Waals surface area contributed by atoms with Crippen LogP contribution in [0.25, 0.3) is 0 Å². The van der Waals surface area contributed by atoms with E-state index < -0.39 is 18.6 Å². The monoisotopic (exact) mass is 137 g/mol. The van der Waals surface area contributed by atoms with Gasteiger partial charge in [-0.3, -0.25) is 5.32 Å². The van der Waals surface area contributed by atoms with Gasteiger partial charge in [-0.2, -0.15) is 0 Å². The molecule has 3 unspecified atom stereocenters. The Morgan fingerprint density at radius 1 is 1.44 bits per heavy atom. The summed E-state index contributed by atoms with van der Waals surface area (Å²) in [5, 5.41) is 10.9. The number of piperidine rings is 1. The van der Waals surface area contributed by atoms with E-state index in [0.717, 1.165) is 0 Å². The fourth-order valence-corrected chi connectivity index (χ4v) is 0.834. The van der Waals surface area contributed by atoms with Gasteiger partial charge in [0, 0.05) is 6.54 Å². The zero-order valence-corrected chi connectivity index (χ0v) is 4.85. The van der Waals surface area contributed by atoms with E-state index in [1.54, 1.807) is 0 Å². The van der Waals surface area contributed by atoms with Gasteiger partial charge in [-0.25, -0.2) is 8.78 Å². The molecular formula is C5H9F2NO. The summed E-state index contributed by atoms with van der Waals surface area (Å²) >= 11 is 0. The Balaban J connectivity index is 2.41. The molecule has 0 bridgehead atoms. The van der Waals surface area contributed by atoms with Crippen molar-refractivity contribution in [2.24, 2.45) is 0 Å². The molecule has 0 saturated carbocycles. The van der Waals surface area contributed by atoms with Gasteiger partial charge in [0.2, 0.25) is 0 Å². The summed E-state index contributed by atoms with van der Waals surface area (Å²) < 4.78 is 24.5. The Morgan fingerprint density at radius 3 is 2.56 bits per heavy atom. The molecule has 0 radical (unpaired) electrons. The molecule has 1 aliphatic heterocycles. The fraction of sp³-hybridized carbons (Fsp3) is 1.00. The van der Waals surface area contributed by atoms with E-state index in [0.29, 0.717) is 6.54 Å². The molecule has 2 N–H and O–H groups in total. The maximum absolute atomic E-state index is 12.3. The van der Waals surface area contributed by atoms with Gasteiger partial charge in [-0.05, 0) is 6.42 Å². The standard InChI is InChI=1S/C5H9F2NO/c6-3-1-2-8-5(7)4(3)9/h3-5,8-9H,1-2H2. The molecule has 1 heterocycles. The second-order valence-corrected chi connectivity index (χ2v) is 2.15. The SMILES string of the molecule is OC1C(F)CCNC1F. The molecule has 3 atom stereocenters. The third-order valence-corrected chi connectivity index (χ3v) is 1.43. The molecule has 1 aliphatic rings. The average molecular weight is 137 g/mol. The molecule has 0 spiro atoms. The van der Waals surface area contributed by atoms with Gasteiger partial charge >= 0.3 is 0 Å². The van der Waals surface area contributed by atoms with E-state index in [1.807, 2.05) is 0 Å². The smallest absolute Gasteiger partial charge is 0.180 e. The molecule has 54 valence electrons. The van der Waals surface area contributed by atoms with Gasteiger partial charge in [0.1, 0.15) is 12.3 Å². The minimum Gasteiger partial charge on any atom is -0.386 e. The molecule has 4 heteroatoms. The van der Waals surface area contributed by atoms with Crippen LogP contribution in [0.5, 0.6) is 0 Å². The lowest BCUT2D eigenvalue weighted by Crippen LogP contribution is -2.48. The molecule has 1 rings (SSSR count). The number of rotatable bonds is 0. The van der Waals surface area contributed by atoms with E-state index in [4.69, 9.17) is 5.11 Å². The van der Waals surface area contributed by atoms with Crippen molar-refractivity contribution in [3.8, 4) is 0 Å². The first-order chi connectivity index (χ1) is 4.22. The molecule has 0 aliphatic carbocycles. The Morgan fingerprint density at radius 2 is 2.11 bits per heavy atom. The Kier molecular flexibility index (Phi) is 1.97. The van der Waals surface area contributed by atoms with E-state index in [2.05, 4.69) is 5.32 Å². The minimum absolute atomic E-state index is 0.196. The lowest BCUT2D eigenvalue weighted by molar-refractivity contribution is -0.0261. The Hall–Kier alpha value is -0.220. The maximum Gasteiger partial charge on any atom is 0.180 e. The highest BCUT2D eigenvalue weighted by atomic mass is 19.1. The van der Waals surface area contributed by atoms with Gasteiger partial charge < -0.3 is 5.11 Å². The molecule has 0 amide bonds. The first kappa shape index (κ1) is 6.89. The summed E-state index contributed by atoms with van der Waals surface area (Å²) in [6, 6.07) is 0. The second-order valence-electron chi connectivity index (χ2n) is 2.15. The van der Waals surface area contributed by atoms with E-state index in [-0.39, 0.29) is 6.42 Å². The van der Waals surface area contributed by atoms with E-state index in [9.17, 15) is 8.78 Å². The molecule has 1 fully saturated rings. The first-order valence-corrected chi connectivity index (χ1v) is 2.91. The molecule has 0 aromatic carbocycles. The van der Waals surface area contributed by atoms with Crippen LogP contribution >= 0.6 is 0 Å². The number of aliphatic hydroxyl groups excluding tert-OH is 1. The molecule has 0 aromatic heterocycles. The largest absolute Gasteiger partial charge is 0.386 e. The van der Waals surface area contributed by atoms with Crippen LogP contribution in [0.15, 0.2) is 0 Å². The zero-order chi connectivity index (χ0) is 6.85. The molecular weight excluding hydrogens is 128 g/mol. The summed E-state index contributed by atoms with van der Waals surface area (Å²) in [5.41, 5.74) is 0. The summed E-state index contributed by atoms with van der Waals surface area (Å²) in [6.45, 7) is 0.305. The van der Waals surface area contributed by atoms with Crippen LogP contribution in [0.4, 0.5) is 8.78 Å². The van der Waals surface area contributed by atoms with Crippen molar-refractivity contribution in [1.82, 2.24) is 5.32 Å². The van der Waals surface area contributed by atoms with Gasteiger partial charge in [-0.1, -0.05) is 0 Å². The molecule has 1 saturated heterocycles. The Labute approximate surface area is 51.9 Å². The van der Waals surface area contributed by atoms with Crippen LogP contribution in [-0.4, -0.2) is 30.2 Å². The van der Waals surface area contributed by atoms with Crippen molar-refractivity contribution >= 4 is 0 Å². The van der Waals surface area contributed by atoms with Crippen LogP contribution in [0.1, 0.15) is 6.42 Å². The molecule has 2 nitrogen and oxygen atoms in total. The van der Waals surface area contributed by atoms with Gasteiger partial charge in [-0.15, -0.1) is 0 Å². The first-order valence-electron chi connectivity index (χ1n) is 2.91. The molecule has 0 aromatic rings. The zero-order valence-electron chi connectivity index (χ0n) is 4.85. The number of alkyl halides is 2. The highest BCUT2D eigenvalue weighted by molar-refractivity contribution is 4.80. The second kappa shape index (κ2) is 2.58. The average Bonchev–Trinajstić information content (AvgIpc) is 1.83. The summed E-state index contributed by atoms with van der Waals surface area (Å²) in [4.78, 5) is 0. The van der Waals surface area contributed by atoms with Crippen LogP contribution < -0.4 is 5.32 Å². The van der Waals surface area contributed by atoms with Crippen molar-refractivity contribution in [2.75, 3.05) is 6.54 Å². The summed E-state index contributed by atoms with van der Waals surface area (Å²) in [5.74, 6) is 0. The fourth-order valence-electron chi connectivity index (χ4n) is 0.834. The van der Waals surface area contributed by atoms with Crippen LogP contribution in [0, 0.1) is 0 Å². The van der Waals surface area contributed by atoms with Crippen molar-refractivity contribution < 1.29 is 13.9 Å². The van der Waals surface area contributed by atoms with E-state index in [1.165, 1.54) is 0 Å². The van der Waals surface area contributed by atoms with Crippen molar-refractivity contribution in [3.05, 3.63) is 0 Å². The van der Waals surface area contributed by atoms with Gasteiger partial charge in [0.15, 0.2) is 6.30 Å². The number of aliphatic hydroxyl groups is 1. The van der Waals surface area contributed by atoms with Crippen LogP contribution in [-0.2, 0) is 0 Å². The number of hydrogen-bond donors (Lipinski definition) is 2. The highest BCUT2D eigenvalue weighted by Gasteiger charge is 2.30. The molecule has 9 heavy (non-hydrogen) atoms. The van der Waals surface area contributed by atoms with Gasteiger partial charge in [0.25, 0.3) is 0 Å². The Bertz CT molecular complexity index is 91.0. The third kappa shape index (κ3) is 1.37. The van der Waals surface area contributed by atoms with Crippen molar-refractivity contribution in [3.63, 3.8) is 0 Å². The highest BCUT2D eigenvalue weighted by Crippen LogP contribution is 2.13. The van der Waals surface area contributed by atoms with Gasteiger partial charge in [0.05, 0.1) is 0 Å². The van der Waals surface area contributed by atoms with Crippen molar-refractivity contribution in [2.45, 2.75) is 25.0 Å². The lowest BCUT2D eigenvalue weighted by Gasteiger charge is -2.25. The van der Waals surface area contributed by atoms with Crippen LogP contribution in [0.2, 0.25) is 0 Å². The lowest BCUT2D eigenvalue weighted by atomic mass is 10.1. The topological polar surface area (TPSA) is 32.3 Å². The minimum atomic E-state index is -1.59. The predicted molar refractivity (Wildman–Crippen MR) is 28.4 cm³/mol. The van der Waals surface area contributed by atoms with E-state index >= 15 is 0 Å². The number of hydrogen-bond acceptors (Lipinski definition) is 2. The number of halogens is 2. The third-order valence-electron chi connectivity index (χ3n) is 1.43. The number of nitrogens with one attached hydrogen (secondary N) is 1. The summed E-state index contributed by atoms with van der Waals surface area (Å²) in [6.07, 6.45) is -4.27.